The molecule has 0 saturated heterocycles. The van der Waals surface area contributed by atoms with E-state index in [9.17, 15) is 0 Å². The first-order valence-corrected chi connectivity index (χ1v) is 11.7. The molecule has 0 bridgehead atoms. The molecular weight excluding hydrogens is 406 g/mol. The highest BCUT2D eigenvalue weighted by molar-refractivity contribution is 8.16. The summed E-state index contributed by atoms with van der Waals surface area (Å²) in [7, 11) is 0. The predicted molar refractivity (Wildman–Crippen MR) is 128 cm³/mol. The van der Waals surface area contributed by atoms with Crippen LogP contribution in [0.5, 0.6) is 5.75 Å². The molecular formula is C23H28ClNOS2. The molecule has 0 spiro atoms. The van der Waals surface area contributed by atoms with Crippen LogP contribution in [0.15, 0.2) is 60.7 Å². The number of hydrogen-bond donors (Lipinski definition) is 0. The highest BCUT2D eigenvalue weighted by Gasteiger charge is 2.13. The summed E-state index contributed by atoms with van der Waals surface area (Å²) in [5.74, 6) is 3.29. The van der Waals surface area contributed by atoms with Crippen LogP contribution in [-0.4, -0.2) is 16.5 Å². The van der Waals surface area contributed by atoms with Crippen LogP contribution >= 0.6 is 35.9 Å². The normalized spacial score (nSPS) is 10.8. The van der Waals surface area contributed by atoms with E-state index in [-0.39, 0.29) is 12.4 Å². The second-order valence-corrected chi connectivity index (χ2v) is 9.15. The Morgan fingerprint density at radius 2 is 1.64 bits per heavy atom. The maximum Gasteiger partial charge on any atom is 0.130 e. The van der Waals surface area contributed by atoms with Crippen molar-refractivity contribution >= 4 is 46.8 Å². The van der Waals surface area contributed by atoms with Gasteiger partial charge in [-0.3, -0.25) is 0 Å². The maximum absolute atomic E-state index is 6.06. The monoisotopic (exact) mass is 433 g/mol. The largest absolute Gasteiger partial charge is 0.487 e. The molecule has 0 radical (unpaired) electrons. The number of rotatable bonds is 10. The Labute approximate surface area is 183 Å². The fourth-order valence-corrected chi connectivity index (χ4v) is 5.33. The van der Waals surface area contributed by atoms with Crippen LogP contribution in [-0.2, 0) is 6.61 Å². The zero-order valence-corrected chi connectivity index (χ0v) is 18.9. The smallest absolute Gasteiger partial charge is 0.130 e. The first-order valence-electron chi connectivity index (χ1n) is 9.60. The number of ether oxygens (including phenoxy) is 1. The molecule has 150 valence electrons. The average molecular weight is 434 g/mol. The van der Waals surface area contributed by atoms with Crippen molar-refractivity contribution in [3.05, 3.63) is 71.9 Å². The van der Waals surface area contributed by atoms with Crippen LogP contribution in [0, 0.1) is 0 Å². The van der Waals surface area contributed by atoms with Gasteiger partial charge in [0.05, 0.1) is 15.8 Å². The molecule has 1 aromatic heterocycles. The molecule has 0 saturated carbocycles. The molecule has 0 fully saturated rings. The van der Waals surface area contributed by atoms with Crippen LogP contribution in [0.2, 0.25) is 0 Å². The van der Waals surface area contributed by atoms with E-state index in [1.807, 2.05) is 53.9 Å². The Balaban J connectivity index is 0.00000280. The molecule has 2 aromatic carbocycles. The standard InChI is InChI=1S/C23H27NOS2.ClH/c1-3-14-26-23(27-15-4-2)19-9-7-10-21(16-19)25-17-20-13-12-18-8-5-6-11-22(18)24-20;/h5-13,16,23H,3-4,14-15,17H2,1-2H3;1H. The minimum atomic E-state index is 0. The zero-order chi connectivity index (χ0) is 18.9. The van der Waals surface area contributed by atoms with Crippen molar-refractivity contribution in [2.75, 3.05) is 11.5 Å². The van der Waals surface area contributed by atoms with Crippen molar-refractivity contribution in [2.24, 2.45) is 0 Å². The fourth-order valence-electron chi connectivity index (χ4n) is 2.79. The molecule has 0 aliphatic rings. The van der Waals surface area contributed by atoms with Gasteiger partial charge < -0.3 is 4.74 Å². The number of para-hydroxylation sites is 1. The van der Waals surface area contributed by atoms with Crippen molar-refractivity contribution < 1.29 is 4.74 Å². The number of thioether (sulfide) groups is 2. The molecule has 0 aliphatic heterocycles. The van der Waals surface area contributed by atoms with Crippen molar-refractivity contribution in [3.63, 3.8) is 0 Å². The molecule has 5 heteroatoms. The van der Waals surface area contributed by atoms with Crippen LogP contribution in [0.1, 0.15) is 42.5 Å². The Hall–Kier alpha value is -1.36. The summed E-state index contributed by atoms with van der Waals surface area (Å²) < 4.78 is 6.54. The quantitative estimate of drug-likeness (QED) is 0.308. The van der Waals surface area contributed by atoms with Gasteiger partial charge in [-0.1, -0.05) is 50.2 Å². The maximum atomic E-state index is 6.06. The van der Waals surface area contributed by atoms with E-state index >= 15 is 0 Å². The third-order valence-corrected chi connectivity index (χ3v) is 7.37. The fraction of sp³-hybridized carbons (Fsp3) is 0.348. The second-order valence-electron chi connectivity index (χ2n) is 6.43. The lowest BCUT2D eigenvalue weighted by atomic mass is 10.2. The molecule has 3 aromatic rings. The Kier molecular flexibility index (Phi) is 10.0. The third kappa shape index (κ3) is 6.61. The molecule has 1 heterocycles. The summed E-state index contributed by atoms with van der Waals surface area (Å²) in [5, 5.41) is 1.16. The van der Waals surface area contributed by atoms with Crippen LogP contribution < -0.4 is 4.74 Å². The SMILES string of the molecule is CCCSC(SCCC)c1cccc(OCc2ccc3ccccc3n2)c1.Cl. The van der Waals surface area contributed by atoms with E-state index in [2.05, 4.69) is 44.2 Å². The van der Waals surface area contributed by atoms with E-state index in [1.165, 1.54) is 29.9 Å². The zero-order valence-electron chi connectivity index (χ0n) is 16.5. The molecule has 0 atom stereocenters. The minimum Gasteiger partial charge on any atom is -0.487 e. The Morgan fingerprint density at radius 1 is 0.893 bits per heavy atom. The third-order valence-electron chi connectivity index (χ3n) is 4.12. The van der Waals surface area contributed by atoms with Crippen LogP contribution in [0.25, 0.3) is 10.9 Å². The van der Waals surface area contributed by atoms with Gasteiger partial charge in [0.2, 0.25) is 0 Å². The van der Waals surface area contributed by atoms with Gasteiger partial charge in [-0.15, -0.1) is 35.9 Å². The number of pyridine rings is 1. The topological polar surface area (TPSA) is 22.1 Å². The summed E-state index contributed by atoms with van der Waals surface area (Å²) >= 11 is 4.07. The van der Waals surface area contributed by atoms with E-state index in [0.29, 0.717) is 11.2 Å². The number of fused-ring (bicyclic) bond motifs is 1. The molecule has 28 heavy (non-hydrogen) atoms. The molecule has 3 rings (SSSR count). The van der Waals surface area contributed by atoms with Crippen molar-refractivity contribution in [2.45, 2.75) is 37.9 Å². The number of hydrogen-bond acceptors (Lipinski definition) is 4. The van der Waals surface area contributed by atoms with Crippen molar-refractivity contribution in [1.29, 1.82) is 0 Å². The van der Waals surface area contributed by atoms with E-state index < -0.39 is 0 Å². The number of halogens is 1. The Morgan fingerprint density at radius 3 is 2.39 bits per heavy atom. The van der Waals surface area contributed by atoms with Gasteiger partial charge >= 0.3 is 0 Å². The summed E-state index contributed by atoms with van der Waals surface area (Å²) in [4.78, 5) is 4.70. The first-order chi connectivity index (χ1) is 13.3. The van der Waals surface area contributed by atoms with Crippen LogP contribution in [0.3, 0.4) is 0 Å². The molecule has 0 N–H and O–H groups in total. The summed E-state index contributed by atoms with van der Waals surface area (Å²) in [6, 6.07) is 20.9. The van der Waals surface area contributed by atoms with Gasteiger partial charge in [0.15, 0.2) is 0 Å². The van der Waals surface area contributed by atoms with Crippen LogP contribution in [0.4, 0.5) is 0 Å². The lowest BCUT2D eigenvalue weighted by Gasteiger charge is -2.17. The average Bonchev–Trinajstić information content (AvgIpc) is 2.72. The van der Waals surface area contributed by atoms with Gasteiger partial charge in [-0.25, -0.2) is 4.98 Å². The molecule has 0 unspecified atom stereocenters. The van der Waals surface area contributed by atoms with Gasteiger partial charge in [0.25, 0.3) is 0 Å². The van der Waals surface area contributed by atoms with Gasteiger partial charge in [0, 0.05) is 5.39 Å². The molecule has 2 nitrogen and oxygen atoms in total. The van der Waals surface area contributed by atoms with Crippen molar-refractivity contribution in [1.82, 2.24) is 4.98 Å². The lowest BCUT2D eigenvalue weighted by Crippen LogP contribution is -1.99. The van der Waals surface area contributed by atoms with E-state index in [4.69, 9.17) is 9.72 Å². The predicted octanol–water partition coefficient (Wildman–Crippen LogP) is 7.52. The lowest BCUT2D eigenvalue weighted by molar-refractivity contribution is 0.301. The number of nitrogens with zero attached hydrogens (tertiary/aromatic N) is 1. The summed E-state index contributed by atoms with van der Waals surface area (Å²) in [5.41, 5.74) is 3.31. The highest BCUT2D eigenvalue weighted by atomic mass is 35.5. The number of benzene rings is 2. The summed E-state index contributed by atoms with van der Waals surface area (Å²) in [6.07, 6.45) is 2.41. The van der Waals surface area contributed by atoms with E-state index in [1.54, 1.807) is 0 Å². The highest BCUT2D eigenvalue weighted by Crippen LogP contribution is 2.41. The minimum absolute atomic E-state index is 0. The first kappa shape index (κ1) is 22.9. The number of aromatic nitrogens is 1. The van der Waals surface area contributed by atoms with Crippen molar-refractivity contribution in [3.8, 4) is 5.75 Å². The van der Waals surface area contributed by atoms with Gasteiger partial charge in [-0.2, -0.15) is 0 Å². The summed E-state index contributed by atoms with van der Waals surface area (Å²) in [6.45, 7) is 4.97. The Bertz CT molecular complexity index is 851. The van der Waals surface area contributed by atoms with Gasteiger partial charge in [-0.05, 0) is 54.2 Å². The second kappa shape index (κ2) is 12.3. The van der Waals surface area contributed by atoms with E-state index in [0.717, 1.165) is 22.3 Å². The van der Waals surface area contributed by atoms with Gasteiger partial charge in [0.1, 0.15) is 12.4 Å². The molecule has 0 amide bonds. The molecule has 0 aliphatic carbocycles.